The molecule has 1 fully saturated rings. The molecule has 0 N–H and O–H groups in total. The minimum absolute atomic E-state index is 0.186. The van der Waals surface area contributed by atoms with Crippen LogP contribution in [0.25, 0.3) is 0 Å². The van der Waals surface area contributed by atoms with Crippen LogP contribution < -0.4 is 4.90 Å². The molecule has 1 aliphatic rings. The van der Waals surface area contributed by atoms with Crippen LogP contribution in [0.2, 0.25) is 0 Å². The molecule has 0 aliphatic carbocycles. The Morgan fingerprint density at radius 3 is 2.74 bits per heavy atom. The number of nitrogens with zero attached hydrogens (tertiary/aromatic N) is 2. The number of hydrogen-bond acceptors (Lipinski definition) is 2. The van der Waals surface area contributed by atoms with Gasteiger partial charge in [0, 0.05) is 24.2 Å². The molecule has 19 heavy (non-hydrogen) atoms. The highest BCUT2D eigenvalue weighted by Gasteiger charge is 2.34. The predicted molar refractivity (Wildman–Crippen MR) is 80.3 cm³/mol. The van der Waals surface area contributed by atoms with Gasteiger partial charge in [0.1, 0.15) is 0 Å². The average Bonchev–Trinajstić information content (AvgIpc) is 2.32. The third-order valence-corrected chi connectivity index (χ3v) is 4.36. The Balaban J connectivity index is 2.31. The first-order valence-corrected chi connectivity index (χ1v) is 7.16. The molecular formula is C17H24N2. The smallest absolute Gasteiger partial charge is 0.0625 e. The molecule has 1 aromatic carbocycles. The van der Waals surface area contributed by atoms with Crippen LogP contribution in [0.1, 0.15) is 44.2 Å². The SMILES string of the molecule is Cc1ccc(N2CC(CC#N)CCC2(C)C)c(C)c1. The lowest BCUT2D eigenvalue weighted by molar-refractivity contribution is 0.293. The van der Waals surface area contributed by atoms with Crippen LogP contribution in [0.3, 0.4) is 0 Å². The monoisotopic (exact) mass is 256 g/mol. The van der Waals surface area contributed by atoms with Crippen molar-refractivity contribution in [3.8, 4) is 6.07 Å². The lowest BCUT2D eigenvalue weighted by Gasteiger charge is -2.47. The fourth-order valence-corrected chi connectivity index (χ4v) is 3.12. The van der Waals surface area contributed by atoms with Gasteiger partial charge < -0.3 is 4.90 Å². The third kappa shape index (κ3) is 2.92. The van der Waals surface area contributed by atoms with Crippen molar-refractivity contribution in [1.29, 1.82) is 5.26 Å². The number of nitriles is 1. The average molecular weight is 256 g/mol. The molecule has 0 bridgehead atoms. The molecule has 2 heteroatoms. The van der Waals surface area contributed by atoms with Crippen LogP contribution in [-0.2, 0) is 0 Å². The molecule has 0 saturated carbocycles. The Morgan fingerprint density at radius 2 is 2.11 bits per heavy atom. The first-order chi connectivity index (χ1) is 8.94. The zero-order chi connectivity index (χ0) is 14.0. The number of hydrogen-bond donors (Lipinski definition) is 0. The van der Waals surface area contributed by atoms with Crippen LogP contribution in [0.4, 0.5) is 5.69 Å². The standard InChI is InChI=1S/C17H24N2/c1-13-5-6-16(14(2)11-13)19-12-15(8-10-18)7-9-17(19,3)4/h5-6,11,15H,7-9,12H2,1-4H3. The molecular weight excluding hydrogens is 232 g/mol. The van der Waals surface area contributed by atoms with Gasteiger partial charge in [-0.2, -0.15) is 5.26 Å². The van der Waals surface area contributed by atoms with E-state index in [1.165, 1.54) is 23.2 Å². The number of benzene rings is 1. The maximum Gasteiger partial charge on any atom is 0.0625 e. The van der Waals surface area contributed by atoms with Gasteiger partial charge in [0.2, 0.25) is 0 Å². The molecule has 1 atom stereocenters. The third-order valence-electron chi connectivity index (χ3n) is 4.36. The van der Waals surface area contributed by atoms with Crippen molar-refractivity contribution in [3.05, 3.63) is 29.3 Å². The van der Waals surface area contributed by atoms with Crippen molar-refractivity contribution >= 4 is 5.69 Å². The fraction of sp³-hybridized carbons (Fsp3) is 0.588. The van der Waals surface area contributed by atoms with Crippen LogP contribution in [0.5, 0.6) is 0 Å². The number of anilines is 1. The number of rotatable bonds is 2. The van der Waals surface area contributed by atoms with E-state index < -0.39 is 0 Å². The van der Waals surface area contributed by atoms with Gasteiger partial charge in [-0.25, -0.2) is 0 Å². The minimum Gasteiger partial charge on any atom is -0.366 e. The molecule has 1 aromatic rings. The molecule has 1 unspecified atom stereocenters. The normalized spacial score (nSPS) is 22.1. The van der Waals surface area contributed by atoms with Gasteiger partial charge in [0.05, 0.1) is 6.07 Å². The van der Waals surface area contributed by atoms with Gasteiger partial charge in [-0.15, -0.1) is 0 Å². The van der Waals surface area contributed by atoms with E-state index in [2.05, 4.69) is 56.9 Å². The second kappa shape index (κ2) is 5.25. The van der Waals surface area contributed by atoms with E-state index in [0.717, 1.165) is 13.0 Å². The molecule has 2 nitrogen and oxygen atoms in total. The Bertz CT molecular complexity index is 496. The van der Waals surface area contributed by atoms with E-state index in [1.807, 2.05) is 0 Å². The lowest BCUT2D eigenvalue weighted by atomic mass is 9.83. The van der Waals surface area contributed by atoms with E-state index in [0.29, 0.717) is 12.3 Å². The molecule has 0 radical (unpaired) electrons. The summed E-state index contributed by atoms with van der Waals surface area (Å²) in [6.07, 6.45) is 3.01. The Hall–Kier alpha value is -1.49. The number of aryl methyl sites for hydroxylation is 2. The summed E-state index contributed by atoms with van der Waals surface area (Å²) in [5.41, 5.74) is 4.17. The van der Waals surface area contributed by atoms with Crippen LogP contribution in [-0.4, -0.2) is 12.1 Å². The largest absolute Gasteiger partial charge is 0.366 e. The summed E-state index contributed by atoms with van der Waals surface area (Å²) in [6.45, 7) is 9.96. The lowest BCUT2D eigenvalue weighted by Crippen LogP contribution is -2.50. The maximum atomic E-state index is 8.93. The second-order valence-electron chi connectivity index (χ2n) is 6.48. The summed E-state index contributed by atoms with van der Waals surface area (Å²) < 4.78 is 0. The quantitative estimate of drug-likeness (QED) is 0.792. The zero-order valence-electron chi connectivity index (χ0n) is 12.5. The van der Waals surface area contributed by atoms with Crippen molar-refractivity contribution in [2.75, 3.05) is 11.4 Å². The summed E-state index contributed by atoms with van der Waals surface area (Å²) in [7, 11) is 0. The van der Waals surface area contributed by atoms with Crippen molar-refractivity contribution in [1.82, 2.24) is 0 Å². The Labute approximate surface area is 117 Å². The molecule has 0 spiro atoms. The van der Waals surface area contributed by atoms with Gasteiger partial charge in [0.15, 0.2) is 0 Å². The van der Waals surface area contributed by atoms with Crippen LogP contribution >= 0.6 is 0 Å². The van der Waals surface area contributed by atoms with Crippen LogP contribution in [0, 0.1) is 31.1 Å². The summed E-state index contributed by atoms with van der Waals surface area (Å²) in [4.78, 5) is 2.51. The van der Waals surface area contributed by atoms with Gasteiger partial charge in [-0.05, 0) is 58.1 Å². The highest BCUT2D eigenvalue weighted by Crippen LogP contribution is 2.37. The first kappa shape index (κ1) is 13.9. The topological polar surface area (TPSA) is 27.0 Å². The Morgan fingerprint density at radius 1 is 1.37 bits per heavy atom. The van der Waals surface area contributed by atoms with Gasteiger partial charge in [-0.1, -0.05) is 17.7 Å². The Kier molecular flexibility index (Phi) is 3.85. The molecule has 2 rings (SSSR count). The summed E-state index contributed by atoms with van der Waals surface area (Å²) >= 11 is 0. The van der Waals surface area contributed by atoms with Gasteiger partial charge in [-0.3, -0.25) is 0 Å². The van der Waals surface area contributed by atoms with E-state index in [1.54, 1.807) is 0 Å². The second-order valence-corrected chi connectivity index (χ2v) is 6.48. The van der Waals surface area contributed by atoms with Gasteiger partial charge >= 0.3 is 0 Å². The molecule has 0 aromatic heterocycles. The van der Waals surface area contributed by atoms with E-state index in [4.69, 9.17) is 5.26 Å². The molecule has 1 heterocycles. The highest BCUT2D eigenvalue weighted by atomic mass is 15.2. The zero-order valence-corrected chi connectivity index (χ0v) is 12.5. The van der Waals surface area contributed by atoms with Crippen molar-refractivity contribution in [3.63, 3.8) is 0 Å². The van der Waals surface area contributed by atoms with Crippen molar-refractivity contribution < 1.29 is 0 Å². The fourth-order valence-electron chi connectivity index (χ4n) is 3.12. The van der Waals surface area contributed by atoms with E-state index >= 15 is 0 Å². The molecule has 1 saturated heterocycles. The minimum atomic E-state index is 0.186. The summed E-state index contributed by atoms with van der Waals surface area (Å²) in [5, 5.41) is 8.93. The predicted octanol–water partition coefficient (Wildman–Crippen LogP) is 4.21. The molecule has 0 amide bonds. The summed E-state index contributed by atoms with van der Waals surface area (Å²) in [5.74, 6) is 0.513. The highest BCUT2D eigenvalue weighted by molar-refractivity contribution is 5.56. The van der Waals surface area contributed by atoms with E-state index in [-0.39, 0.29) is 5.54 Å². The number of piperidine rings is 1. The van der Waals surface area contributed by atoms with Gasteiger partial charge in [0.25, 0.3) is 0 Å². The molecule has 1 aliphatic heterocycles. The van der Waals surface area contributed by atoms with Crippen molar-refractivity contribution in [2.24, 2.45) is 5.92 Å². The maximum absolute atomic E-state index is 8.93. The summed E-state index contributed by atoms with van der Waals surface area (Å²) in [6, 6.07) is 9.01. The molecule has 102 valence electrons. The first-order valence-electron chi connectivity index (χ1n) is 7.16. The van der Waals surface area contributed by atoms with Crippen molar-refractivity contribution in [2.45, 2.75) is 52.5 Å². The van der Waals surface area contributed by atoms with E-state index in [9.17, 15) is 0 Å². The van der Waals surface area contributed by atoms with Crippen LogP contribution in [0.15, 0.2) is 18.2 Å².